The second-order valence-corrected chi connectivity index (χ2v) is 6.98. The molecule has 0 radical (unpaired) electrons. The summed E-state index contributed by atoms with van der Waals surface area (Å²) in [5, 5.41) is 3.45. The monoisotopic (exact) mass is 335 g/mol. The molecule has 0 bridgehead atoms. The SMILES string of the molecule is CSc1cc(C(F)(F)F)c(SC)cc1C(C)C1CCCN1. The summed E-state index contributed by atoms with van der Waals surface area (Å²) in [7, 11) is 0. The summed E-state index contributed by atoms with van der Waals surface area (Å²) in [5.74, 6) is 0.225. The van der Waals surface area contributed by atoms with Crippen LogP contribution in [0, 0.1) is 0 Å². The maximum atomic E-state index is 13.2. The van der Waals surface area contributed by atoms with Crippen molar-refractivity contribution >= 4 is 23.5 Å². The number of thioether (sulfide) groups is 2. The molecule has 1 aromatic rings. The molecule has 1 nitrogen and oxygen atoms in total. The summed E-state index contributed by atoms with van der Waals surface area (Å²) in [6.07, 6.45) is 1.47. The van der Waals surface area contributed by atoms with Crippen molar-refractivity contribution in [3.8, 4) is 0 Å². The van der Waals surface area contributed by atoms with Gasteiger partial charge in [0.25, 0.3) is 0 Å². The molecule has 1 aliphatic rings. The Balaban J connectivity index is 2.45. The Hall–Kier alpha value is -0.330. The fourth-order valence-electron chi connectivity index (χ4n) is 2.85. The van der Waals surface area contributed by atoms with E-state index >= 15 is 0 Å². The van der Waals surface area contributed by atoms with Crippen LogP contribution < -0.4 is 5.32 Å². The Labute approximate surface area is 132 Å². The van der Waals surface area contributed by atoms with Gasteiger partial charge in [-0.05, 0) is 55.5 Å². The van der Waals surface area contributed by atoms with Crippen LogP contribution in [0.3, 0.4) is 0 Å². The molecular weight excluding hydrogens is 315 g/mol. The molecule has 6 heteroatoms. The average Bonchev–Trinajstić information content (AvgIpc) is 2.98. The van der Waals surface area contributed by atoms with Crippen molar-refractivity contribution in [2.45, 2.75) is 47.7 Å². The standard InChI is InChI=1S/C15H20F3NS2/c1-9(12-5-4-6-19-12)10-7-14(21-3)11(15(16,17)18)8-13(10)20-2/h7-9,12,19H,4-6H2,1-3H3. The van der Waals surface area contributed by atoms with Gasteiger partial charge in [0.15, 0.2) is 0 Å². The Morgan fingerprint density at radius 1 is 1.19 bits per heavy atom. The van der Waals surface area contributed by atoms with Gasteiger partial charge in [-0.1, -0.05) is 6.92 Å². The molecular formula is C15H20F3NS2. The quantitative estimate of drug-likeness (QED) is 0.777. The lowest BCUT2D eigenvalue weighted by molar-refractivity contribution is -0.139. The van der Waals surface area contributed by atoms with E-state index in [0.29, 0.717) is 10.9 Å². The van der Waals surface area contributed by atoms with Crippen LogP contribution in [-0.2, 0) is 6.18 Å². The van der Waals surface area contributed by atoms with Gasteiger partial charge in [-0.15, -0.1) is 23.5 Å². The molecule has 1 saturated heterocycles. The largest absolute Gasteiger partial charge is 0.417 e. The molecule has 0 amide bonds. The molecule has 2 rings (SSSR count). The first-order valence-corrected chi connectivity index (χ1v) is 9.40. The molecule has 0 aromatic heterocycles. The first kappa shape index (κ1) is 17.0. The lowest BCUT2D eigenvalue weighted by Crippen LogP contribution is -2.27. The van der Waals surface area contributed by atoms with E-state index in [2.05, 4.69) is 12.2 Å². The molecule has 0 aliphatic carbocycles. The molecule has 2 unspecified atom stereocenters. The van der Waals surface area contributed by atoms with Crippen molar-refractivity contribution in [2.24, 2.45) is 0 Å². The van der Waals surface area contributed by atoms with Crippen LogP contribution in [0.1, 0.15) is 36.8 Å². The number of hydrogen-bond acceptors (Lipinski definition) is 3. The highest BCUT2D eigenvalue weighted by molar-refractivity contribution is 7.99. The topological polar surface area (TPSA) is 12.0 Å². The summed E-state index contributed by atoms with van der Waals surface area (Å²) in [5.41, 5.74) is 0.508. The van der Waals surface area contributed by atoms with Gasteiger partial charge in [0, 0.05) is 15.8 Å². The minimum atomic E-state index is -4.30. The molecule has 1 N–H and O–H groups in total. The Kier molecular flexibility index (Phi) is 5.54. The third-order valence-corrected chi connectivity index (χ3v) is 5.62. The maximum absolute atomic E-state index is 13.2. The van der Waals surface area contributed by atoms with Crippen LogP contribution in [-0.4, -0.2) is 25.1 Å². The van der Waals surface area contributed by atoms with E-state index < -0.39 is 11.7 Å². The predicted molar refractivity (Wildman–Crippen MR) is 84.4 cm³/mol. The molecule has 1 heterocycles. The number of hydrogen-bond donors (Lipinski definition) is 1. The molecule has 1 fully saturated rings. The van der Waals surface area contributed by atoms with Crippen molar-refractivity contribution in [1.82, 2.24) is 5.32 Å². The molecule has 118 valence electrons. The minimum Gasteiger partial charge on any atom is -0.313 e. The molecule has 0 spiro atoms. The second-order valence-electron chi connectivity index (χ2n) is 5.28. The number of halogens is 3. The zero-order valence-electron chi connectivity index (χ0n) is 12.4. The third kappa shape index (κ3) is 3.71. The highest BCUT2D eigenvalue weighted by Crippen LogP contribution is 2.42. The summed E-state index contributed by atoms with van der Waals surface area (Å²) >= 11 is 2.56. The number of nitrogens with one attached hydrogen (secondary N) is 1. The van der Waals surface area contributed by atoms with Crippen molar-refractivity contribution in [1.29, 1.82) is 0 Å². The highest BCUT2D eigenvalue weighted by atomic mass is 32.2. The van der Waals surface area contributed by atoms with E-state index in [4.69, 9.17) is 0 Å². The summed E-state index contributed by atoms with van der Waals surface area (Å²) < 4.78 is 39.5. The van der Waals surface area contributed by atoms with Crippen LogP contribution in [0.4, 0.5) is 13.2 Å². The minimum absolute atomic E-state index is 0.225. The normalized spacial score (nSPS) is 20.8. The second kappa shape index (κ2) is 6.84. The summed E-state index contributed by atoms with van der Waals surface area (Å²) in [6.45, 7) is 3.11. The van der Waals surface area contributed by atoms with Gasteiger partial charge in [-0.25, -0.2) is 0 Å². The van der Waals surface area contributed by atoms with Crippen LogP contribution in [0.2, 0.25) is 0 Å². The smallest absolute Gasteiger partial charge is 0.313 e. The van der Waals surface area contributed by atoms with E-state index in [1.165, 1.54) is 29.6 Å². The zero-order chi connectivity index (χ0) is 15.6. The molecule has 1 aromatic carbocycles. The highest BCUT2D eigenvalue weighted by Gasteiger charge is 2.35. The van der Waals surface area contributed by atoms with Gasteiger partial charge >= 0.3 is 6.18 Å². The van der Waals surface area contributed by atoms with Crippen LogP contribution in [0.5, 0.6) is 0 Å². The Morgan fingerprint density at radius 3 is 2.33 bits per heavy atom. The fraction of sp³-hybridized carbons (Fsp3) is 0.600. The van der Waals surface area contributed by atoms with E-state index in [-0.39, 0.29) is 5.92 Å². The van der Waals surface area contributed by atoms with E-state index in [0.717, 1.165) is 29.8 Å². The van der Waals surface area contributed by atoms with Crippen molar-refractivity contribution < 1.29 is 13.2 Å². The fourth-order valence-corrected chi connectivity index (χ4v) is 4.21. The van der Waals surface area contributed by atoms with Crippen LogP contribution >= 0.6 is 23.5 Å². The summed E-state index contributed by atoms with van der Waals surface area (Å²) in [4.78, 5) is 1.06. The third-order valence-electron chi connectivity index (χ3n) is 4.05. The number of benzene rings is 1. The van der Waals surface area contributed by atoms with Crippen molar-refractivity contribution in [2.75, 3.05) is 19.1 Å². The zero-order valence-corrected chi connectivity index (χ0v) is 14.0. The average molecular weight is 335 g/mol. The lowest BCUT2D eigenvalue weighted by Gasteiger charge is -2.24. The number of rotatable bonds is 4. The molecule has 21 heavy (non-hydrogen) atoms. The van der Waals surface area contributed by atoms with Gasteiger partial charge in [0.05, 0.1) is 5.56 Å². The van der Waals surface area contributed by atoms with E-state index in [1.54, 1.807) is 12.3 Å². The van der Waals surface area contributed by atoms with Gasteiger partial charge in [-0.3, -0.25) is 0 Å². The van der Waals surface area contributed by atoms with E-state index in [1.807, 2.05) is 6.26 Å². The van der Waals surface area contributed by atoms with E-state index in [9.17, 15) is 13.2 Å². The molecule has 0 saturated carbocycles. The first-order valence-electron chi connectivity index (χ1n) is 6.95. The van der Waals surface area contributed by atoms with Gasteiger partial charge in [0.1, 0.15) is 0 Å². The van der Waals surface area contributed by atoms with Gasteiger partial charge in [-0.2, -0.15) is 13.2 Å². The Bertz CT molecular complexity index is 496. The van der Waals surface area contributed by atoms with Gasteiger partial charge in [0.2, 0.25) is 0 Å². The molecule has 2 atom stereocenters. The summed E-state index contributed by atoms with van der Waals surface area (Å²) in [6, 6.07) is 3.42. The van der Waals surface area contributed by atoms with Crippen LogP contribution in [0.25, 0.3) is 0 Å². The first-order chi connectivity index (χ1) is 9.88. The lowest BCUT2D eigenvalue weighted by atomic mass is 9.91. The van der Waals surface area contributed by atoms with Crippen LogP contribution in [0.15, 0.2) is 21.9 Å². The molecule has 1 aliphatic heterocycles. The van der Waals surface area contributed by atoms with Gasteiger partial charge < -0.3 is 5.32 Å². The predicted octanol–water partition coefficient (Wildman–Crippen LogP) is 5.00. The number of alkyl halides is 3. The van der Waals surface area contributed by atoms with Crippen molar-refractivity contribution in [3.63, 3.8) is 0 Å². The Morgan fingerprint density at radius 2 is 1.86 bits per heavy atom. The maximum Gasteiger partial charge on any atom is 0.417 e. The van der Waals surface area contributed by atoms with Crippen molar-refractivity contribution in [3.05, 3.63) is 23.3 Å².